The van der Waals surface area contributed by atoms with Crippen molar-refractivity contribution in [3.8, 4) is 0 Å². The quantitative estimate of drug-likeness (QED) is 0.781. The predicted molar refractivity (Wildman–Crippen MR) is 88.0 cm³/mol. The topological polar surface area (TPSA) is 38.8 Å². The second-order valence-corrected chi connectivity index (χ2v) is 7.51. The molecule has 0 aromatic heterocycles. The Morgan fingerprint density at radius 3 is 2.74 bits per heavy atom. The lowest BCUT2D eigenvalue weighted by molar-refractivity contribution is -0.121. The Hall–Kier alpha value is -1.13. The summed E-state index contributed by atoms with van der Waals surface area (Å²) in [7, 11) is 3.42. The number of piperidine rings is 1. The van der Waals surface area contributed by atoms with Gasteiger partial charge in [0.15, 0.2) is 5.78 Å². The summed E-state index contributed by atoms with van der Waals surface area (Å²) in [5, 5.41) is 0. The van der Waals surface area contributed by atoms with E-state index in [4.69, 9.17) is 9.47 Å². The smallest absolute Gasteiger partial charge is 0.170 e. The molecule has 2 unspecified atom stereocenters. The average Bonchev–Trinajstić information content (AvgIpc) is 3.27. The molecular weight excluding hydrogens is 290 g/mol. The molecule has 0 aromatic rings. The first-order valence-corrected chi connectivity index (χ1v) is 8.99. The Balaban J connectivity index is 1.51. The molecule has 1 saturated heterocycles. The number of carbonyl (C=O) groups is 1. The van der Waals surface area contributed by atoms with Gasteiger partial charge in [-0.05, 0) is 44.7 Å². The lowest BCUT2D eigenvalue weighted by Gasteiger charge is -2.42. The van der Waals surface area contributed by atoms with E-state index in [0.717, 1.165) is 49.7 Å². The highest BCUT2D eigenvalue weighted by Gasteiger charge is 2.58. The fraction of sp³-hybridized carbons (Fsp3) is 0.737. The van der Waals surface area contributed by atoms with Crippen LogP contribution in [-0.4, -0.2) is 49.6 Å². The van der Waals surface area contributed by atoms with Crippen LogP contribution in [-0.2, 0) is 14.3 Å². The van der Waals surface area contributed by atoms with Gasteiger partial charge >= 0.3 is 0 Å². The highest BCUT2D eigenvalue weighted by Crippen LogP contribution is 2.55. The van der Waals surface area contributed by atoms with Crippen molar-refractivity contribution in [3.05, 3.63) is 23.5 Å². The molecule has 0 N–H and O–H groups in total. The molecule has 0 amide bonds. The Bertz CT molecular complexity index is 563. The number of hydrogen-bond donors (Lipinski definition) is 0. The van der Waals surface area contributed by atoms with Crippen molar-refractivity contribution in [3.63, 3.8) is 0 Å². The molecule has 3 fully saturated rings. The van der Waals surface area contributed by atoms with Crippen LogP contribution in [0, 0.1) is 11.8 Å². The zero-order valence-corrected chi connectivity index (χ0v) is 14.2. The molecule has 1 aliphatic heterocycles. The van der Waals surface area contributed by atoms with Crippen LogP contribution < -0.4 is 0 Å². The molecule has 4 rings (SSSR count). The maximum absolute atomic E-state index is 13.1. The van der Waals surface area contributed by atoms with Crippen molar-refractivity contribution in [2.45, 2.75) is 50.2 Å². The molecule has 4 heteroatoms. The number of likely N-dealkylation sites (tertiary alicyclic amines) is 1. The zero-order valence-electron chi connectivity index (χ0n) is 14.2. The van der Waals surface area contributed by atoms with Gasteiger partial charge in [-0.25, -0.2) is 0 Å². The van der Waals surface area contributed by atoms with E-state index >= 15 is 0 Å². The van der Waals surface area contributed by atoms with Crippen LogP contribution in [0.3, 0.4) is 0 Å². The lowest BCUT2D eigenvalue weighted by atomic mass is 9.84. The number of rotatable bonds is 5. The van der Waals surface area contributed by atoms with Crippen molar-refractivity contribution >= 4 is 5.78 Å². The van der Waals surface area contributed by atoms with Crippen LogP contribution in [0.1, 0.15) is 38.5 Å². The van der Waals surface area contributed by atoms with Crippen molar-refractivity contribution in [2.24, 2.45) is 11.8 Å². The maximum atomic E-state index is 13.1. The van der Waals surface area contributed by atoms with E-state index < -0.39 is 0 Å². The number of ketones is 1. The highest BCUT2D eigenvalue weighted by atomic mass is 16.5. The van der Waals surface area contributed by atoms with Crippen LogP contribution in [0.5, 0.6) is 0 Å². The number of carbonyl (C=O) groups excluding carboxylic acids is 1. The van der Waals surface area contributed by atoms with Gasteiger partial charge in [-0.2, -0.15) is 0 Å². The first-order chi connectivity index (χ1) is 11.2. The number of hydrogen-bond acceptors (Lipinski definition) is 4. The minimum Gasteiger partial charge on any atom is -0.500 e. The Labute approximate surface area is 138 Å². The van der Waals surface area contributed by atoms with Gasteiger partial charge in [-0.3, -0.25) is 9.69 Å². The monoisotopic (exact) mass is 317 g/mol. The van der Waals surface area contributed by atoms with Gasteiger partial charge in [-0.15, -0.1) is 0 Å². The van der Waals surface area contributed by atoms with E-state index in [-0.39, 0.29) is 23.2 Å². The van der Waals surface area contributed by atoms with Gasteiger partial charge in [0.2, 0.25) is 0 Å². The summed E-state index contributed by atoms with van der Waals surface area (Å²) in [5.41, 5.74) is 0.586. The fourth-order valence-corrected chi connectivity index (χ4v) is 4.53. The molecule has 1 heterocycles. The van der Waals surface area contributed by atoms with Gasteiger partial charge in [0.1, 0.15) is 5.76 Å². The van der Waals surface area contributed by atoms with Gasteiger partial charge < -0.3 is 9.47 Å². The molecule has 0 bridgehead atoms. The third-order valence-corrected chi connectivity index (χ3v) is 6.35. The van der Waals surface area contributed by atoms with Crippen molar-refractivity contribution in [1.82, 2.24) is 4.90 Å². The second-order valence-electron chi connectivity index (χ2n) is 7.51. The summed E-state index contributed by atoms with van der Waals surface area (Å²) in [4.78, 5) is 15.6. The molecule has 23 heavy (non-hydrogen) atoms. The van der Waals surface area contributed by atoms with Crippen molar-refractivity contribution in [2.75, 3.05) is 27.3 Å². The highest BCUT2D eigenvalue weighted by molar-refractivity contribution is 6.01. The van der Waals surface area contributed by atoms with E-state index in [1.165, 1.54) is 19.3 Å². The summed E-state index contributed by atoms with van der Waals surface area (Å²) >= 11 is 0. The fourth-order valence-electron chi connectivity index (χ4n) is 4.53. The maximum Gasteiger partial charge on any atom is 0.170 e. The van der Waals surface area contributed by atoms with Crippen molar-refractivity contribution < 1.29 is 14.3 Å². The Morgan fingerprint density at radius 2 is 2.09 bits per heavy atom. The number of Topliss-reactive ketones (excluding diaryl/α,β-unsaturated/α-hetero) is 1. The van der Waals surface area contributed by atoms with E-state index in [2.05, 4.69) is 11.0 Å². The van der Waals surface area contributed by atoms with Crippen LogP contribution in [0.15, 0.2) is 23.5 Å². The zero-order chi connectivity index (χ0) is 16.0. The minimum absolute atomic E-state index is 0.128. The first-order valence-electron chi connectivity index (χ1n) is 8.99. The number of nitrogens with zero attached hydrogens (tertiary/aromatic N) is 1. The van der Waals surface area contributed by atoms with E-state index in [1.807, 2.05) is 6.08 Å². The summed E-state index contributed by atoms with van der Waals surface area (Å²) in [6.07, 6.45) is 11.1. The van der Waals surface area contributed by atoms with E-state index in [1.54, 1.807) is 14.2 Å². The summed E-state index contributed by atoms with van der Waals surface area (Å²) < 4.78 is 11.2. The summed E-state index contributed by atoms with van der Waals surface area (Å²) in [5.74, 6) is 1.48. The van der Waals surface area contributed by atoms with E-state index in [9.17, 15) is 4.79 Å². The predicted octanol–water partition coefficient (Wildman–Crippen LogP) is 2.70. The number of methoxy groups -OCH3 is 2. The average molecular weight is 317 g/mol. The van der Waals surface area contributed by atoms with Gasteiger partial charge in [0.25, 0.3) is 0 Å². The van der Waals surface area contributed by atoms with Crippen molar-refractivity contribution in [1.29, 1.82) is 0 Å². The molecule has 0 radical (unpaired) electrons. The van der Waals surface area contributed by atoms with Gasteiger partial charge in [0, 0.05) is 25.6 Å². The normalized spacial score (nSPS) is 37.3. The molecule has 3 atom stereocenters. The molecule has 4 nitrogen and oxygen atoms in total. The first kappa shape index (κ1) is 15.4. The number of fused-ring (bicyclic) bond motifs is 1. The molecule has 0 aromatic carbocycles. The SMILES string of the molecule is COC1=C(C(=O)C2CCCN(C3CCC3)C2)C=C[C@@]2(OC)CC12. The molecule has 126 valence electrons. The molecule has 3 aliphatic carbocycles. The Kier molecular flexibility index (Phi) is 3.85. The van der Waals surface area contributed by atoms with Crippen LogP contribution in [0.2, 0.25) is 0 Å². The lowest BCUT2D eigenvalue weighted by Crippen LogP contribution is -2.47. The minimum atomic E-state index is -0.209. The van der Waals surface area contributed by atoms with Gasteiger partial charge in [-0.1, -0.05) is 12.5 Å². The van der Waals surface area contributed by atoms with Crippen LogP contribution >= 0.6 is 0 Å². The third-order valence-electron chi connectivity index (χ3n) is 6.35. The molecule has 4 aliphatic rings. The largest absolute Gasteiger partial charge is 0.500 e. The molecule has 0 spiro atoms. The van der Waals surface area contributed by atoms with E-state index in [0.29, 0.717) is 0 Å². The van der Waals surface area contributed by atoms with Crippen LogP contribution in [0.25, 0.3) is 0 Å². The number of allylic oxidation sites excluding steroid dienone is 2. The van der Waals surface area contributed by atoms with Crippen LogP contribution in [0.4, 0.5) is 0 Å². The molecule has 2 saturated carbocycles. The summed E-state index contributed by atoms with van der Waals surface area (Å²) in [6.45, 7) is 2.09. The standard InChI is InChI=1S/C19H27NO3/c1-22-18-15(8-9-19(23-2)11-16(18)19)17(21)13-5-4-10-20(12-13)14-6-3-7-14/h8-9,13-14,16H,3-7,10-12H2,1-2H3/t13?,16?,19-/m1/s1. The number of ether oxygens (including phenoxy) is 2. The Morgan fingerprint density at radius 1 is 1.26 bits per heavy atom. The third kappa shape index (κ3) is 2.47. The molecular formula is C19H27NO3. The summed E-state index contributed by atoms with van der Waals surface area (Å²) in [6, 6.07) is 0.730. The van der Waals surface area contributed by atoms with Gasteiger partial charge in [0.05, 0.1) is 24.2 Å². The second kappa shape index (κ2) is 5.75.